The maximum Gasteiger partial charge on any atom is 0.0665 e. The molecule has 8 atom stereocenters. The van der Waals surface area contributed by atoms with Crippen LogP contribution in [0.5, 0.6) is 0 Å². The first-order valence-corrected chi connectivity index (χ1v) is 8.01. The second kappa shape index (κ2) is 3.76. The molecule has 0 aromatic heterocycles. The Morgan fingerprint density at radius 3 is 2.30 bits per heavy atom. The van der Waals surface area contributed by atoms with Crippen LogP contribution in [0.15, 0.2) is 42.5 Å². The Bertz CT molecular complexity index is 610. The molecular weight excluding hydrogens is 242 g/mol. The van der Waals surface area contributed by atoms with Crippen LogP contribution in [0.4, 0.5) is 0 Å². The molecule has 1 nitrogen and oxygen atoms in total. The fraction of sp³-hybridized carbons (Fsp3) is 0.526. The Kier molecular flexibility index (Phi) is 2.09. The zero-order valence-electron chi connectivity index (χ0n) is 11.5. The molecule has 5 rings (SSSR count). The lowest BCUT2D eigenvalue weighted by atomic mass is 9.63. The van der Waals surface area contributed by atoms with Crippen molar-refractivity contribution in [1.29, 1.82) is 5.26 Å². The zero-order chi connectivity index (χ0) is 13.3. The van der Waals surface area contributed by atoms with Crippen molar-refractivity contribution in [3.63, 3.8) is 0 Å². The van der Waals surface area contributed by atoms with E-state index in [0.29, 0.717) is 11.8 Å². The molecule has 3 saturated carbocycles. The predicted molar refractivity (Wildman–Crippen MR) is 77.6 cm³/mol. The molecular formula is C19H19N. The zero-order valence-corrected chi connectivity index (χ0v) is 11.5. The first-order chi connectivity index (χ1) is 9.88. The number of allylic oxidation sites excluding steroid dienone is 2. The van der Waals surface area contributed by atoms with Crippen molar-refractivity contribution in [3.8, 4) is 6.07 Å². The minimum atomic E-state index is 0.261. The molecule has 0 N–H and O–H groups in total. The van der Waals surface area contributed by atoms with Gasteiger partial charge in [0.15, 0.2) is 0 Å². The van der Waals surface area contributed by atoms with Crippen molar-refractivity contribution >= 4 is 0 Å². The van der Waals surface area contributed by atoms with Gasteiger partial charge in [0.25, 0.3) is 0 Å². The van der Waals surface area contributed by atoms with Crippen molar-refractivity contribution in [3.05, 3.63) is 48.0 Å². The van der Waals surface area contributed by atoms with Crippen molar-refractivity contribution in [1.82, 2.24) is 0 Å². The maximum atomic E-state index is 9.74. The number of nitrogens with zero attached hydrogens (tertiary/aromatic N) is 1. The molecule has 1 aromatic rings. The predicted octanol–water partition coefficient (Wildman–Crippen LogP) is 4.00. The Morgan fingerprint density at radius 1 is 0.900 bits per heavy atom. The molecule has 3 fully saturated rings. The Morgan fingerprint density at radius 2 is 1.60 bits per heavy atom. The number of nitriles is 1. The third kappa shape index (κ3) is 1.19. The van der Waals surface area contributed by atoms with Crippen molar-refractivity contribution in [2.75, 3.05) is 0 Å². The van der Waals surface area contributed by atoms with E-state index in [2.05, 4.69) is 48.6 Å². The van der Waals surface area contributed by atoms with Crippen LogP contribution in [0, 0.1) is 52.8 Å². The molecule has 4 aliphatic carbocycles. The molecule has 8 unspecified atom stereocenters. The van der Waals surface area contributed by atoms with E-state index in [0.717, 1.165) is 29.6 Å². The largest absolute Gasteiger partial charge is 0.198 e. The third-order valence-electron chi connectivity index (χ3n) is 6.76. The van der Waals surface area contributed by atoms with E-state index in [4.69, 9.17) is 0 Å². The van der Waals surface area contributed by atoms with Gasteiger partial charge in [-0.25, -0.2) is 0 Å². The summed E-state index contributed by atoms with van der Waals surface area (Å²) in [5.74, 6) is 5.52. The van der Waals surface area contributed by atoms with E-state index in [1.807, 2.05) is 0 Å². The Labute approximate surface area is 120 Å². The van der Waals surface area contributed by atoms with Gasteiger partial charge in [-0.1, -0.05) is 42.5 Å². The van der Waals surface area contributed by atoms with Crippen LogP contribution in [-0.2, 0) is 0 Å². The molecule has 4 aliphatic rings. The van der Waals surface area contributed by atoms with Crippen LogP contribution in [0.3, 0.4) is 0 Å². The highest BCUT2D eigenvalue weighted by molar-refractivity contribution is 5.32. The highest BCUT2D eigenvalue weighted by Gasteiger charge is 2.64. The monoisotopic (exact) mass is 261 g/mol. The summed E-state index contributed by atoms with van der Waals surface area (Å²) in [5.41, 5.74) is 1.41. The van der Waals surface area contributed by atoms with Gasteiger partial charge in [-0.2, -0.15) is 5.26 Å². The number of hydrogen-bond acceptors (Lipinski definition) is 1. The van der Waals surface area contributed by atoms with E-state index in [1.165, 1.54) is 18.4 Å². The fourth-order valence-electron chi connectivity index (χ4n) is 6.34. The maximum absolute atomic E-state index is 9.74. The quantitative estimate of drug-likeness (QED) is 0.554. The van der Waals surface area contributed by atoms with Gasteiger partial charge in [-0.15, -0.1) is 0 Å². The number of benzene rings is 1. The highest BCUT2D eigenvalue weighted by atomic mass is 14.7. The van der Waals surface area contributed by atoms with E-state index in [9.17, 15) is 5.26 Å². The second-order valence-corrected chi connectivity index (χ2v) is 7.26. The van der Waals surface area contributed by atoms with Gasteiger partial charge in [-0.3, -0.25) is 0 Å². The third-order valence-corrected chi connectivity index (χ3v) is 6.76. The minimum Gasteiger partial charge on any atom is -0.198 e. The Hall–Kier alpha value is -1.55. The van der Waals surface area contributed by atoms with E-state index in [-0.39, 0.29) is 5.92 Å². The number of hydrogen-bond donors (Lipinski definition) is 0. The van der Waals surface area contributed by atoms with Gasteiger partial charge in [-0.05, 0) is 53.9 Å². The van der Waals surface area contributed by atoms with E-state index in [1.54, 1.807) is 0 Å². The smallest absolute Gasteiger partial charge is 0.0665 e. The van der Waals surface area contributed by atoms with Crippen molar-refractivity contribution in [2.24, 2.45) is 41.4 Å². The average molecular weight is 261 g/mol. The topological polar surface area (TPSA) is 23.8 Å². The molecule has 0 amide bonds. The summed E-state index contributed by atoms with van der Waals surface area (Å²) in [7, 11) is 0. The van der Waals surface area contributed by atoms with Gasteiger partial charge in [0.1, 0.15) is 0 Å². The normalized spacial score (nSPS) is 50.4. The average Bonchev–Trinajstić information content (AvgIpc) is 3.24. The standard InChI is InChI=1S/C19H19N/c20-10-16-14-9-15(17(16)11-4-2-1-3-5-11)19-13-7-6-12(8-13)18(14)19/h1-7,12-19H,8-9H2. The van der Waals surface area contributed by atoms with E-state index < -0.39 is 0 Å². The van der Waals surface area contributed by atoms with Crippen LogP contribution in [0.1, 0.15) is 24.3 Å². The molecule has 100 valence electrons. The van der Waals surface area contributed by atoms with Crippen LogP contribution < -0.4 is 0 Å². The minimum absolute atomic E-state index is 0.261. The summed E-state index contributed by atoms with van der Waals surface area (Å²) in [6.07, 6.45) is 7.62. The highest BCUT2D eigenvalue weighted by Crippen LogP contribution is 2.70. The molecule has 0 saturated heterocycles. The van der Waals surface area contributed by atoms with Crippen molar-refractivity contribution < 1.29 is 0 Å². The molecule has 20 heavy (non-hydrogen) atoms. The fourth-order valence-corrected chi connectivity index (χ4v) is 6.34. The molecule has 0 spiro atoms. The van der Waals surface area contributed by atoms with Crippen LogP contribution in [0.2, 0.25) is 0 Å². The molecule has 4 bridgehead atoms. The van der Waals surface area contributed by atoms with E-state index >= 15 is 0 Å². The first-order valence-electron chi connectivity index (χ1n) is 8.01. The van der Waals surface area contributed by atoms with Crippen molar-refractivity contribution in [2.45, 2.75) is 18.8 Å². The molecule has 0 aliphatic heterocycles. The second-order valence-electron chi connectivity index (χ2n) is 7.26. The van der Waals surface area contributed by atoms with Crippen LogP contribution in [-0.4, -0.2) is 0 Å². The van der Waals surface area contributed by atoms with Gasteiger partial charge < -0.3 is 0 Å². The molecule has 1 aromatic carbocycles. The van der Waals surface area contributed by atoms with Gasteiger partial charge >= 0.3 is 0 Å². The molecule has 0 heterocycles. The van der Waals surface area contributed by atoms with Crippen LogP contribution in [0.25, 0.3) is 0 Å². The summed E-state index contributed by atoms with van der Waals surface area (Å²) < 4.78 is 0. The van der Waals surface area contributed by atoms with Crippen LogP contribution >= 0.6 is 0 Å². The van der Waals surface area contributed by atoms with Gasteiger partial charge in [0.05, 0.1) is 12.0 Å². The first kappa shape index (κ1) is 11.1. The molecule has 1 heteroatoms. The Balaban J connectivity index is 1.59. The summed E-state index contributed by atoms with van der Waals surface area (Å²) in [5, 5.41) is 9.74. The lowest BCUT2D eigenvalue weighted by Gasteiger charge is -2.39. The number of fused-ring (bicyclic) bond motifs is 9. The molecule has 0 radical (unpaired) electrons. The lowest BCUT2D eigenvalue weighted by molar-refractivity contribution is 0.153. The van der Waals surface area contributed by atoms with Gasteiger partial charge in [0, 0.05) is 5.92 Å². The lowest BCUT2D eigenvalue weighted by Crippen LogP contribution is -2.35. The summed E-state index contributed by atoms with van der Waals surface area (Å²) in [6, 6.07) is 13.5. The summed E-state index contributed by atoms with van der Waals surface area (Å²) in [4.78, 5) is 0. The number of rotatable bonds is 1. The summed E-state index contributed by atoms with van der Waals surface area (Å²) >= 11 is 0. The SMILES string of the molecule is N#CC1C2CC(C1c1ccccc1)C1C3C=CC(C3)C21. The summed E-state index contributed by atoms with van der Waals surface area (Å²) in [6.45, 7) is 0. The van der Waals surface area contributed by atoms with Gasteiger partial charge in [0.2, 0.25) is 0 Å².